The van der Waals surface area contributed by atoms with E-state index >= 15 is 0 Å². The quantitative estimate of drug-likeness (QED) is 0.850. The minimum Gasteiger partial charge on any atom is -0.495 e. The van der Waals surface area contributed by atoms with E-state index in [9.17, 15) is 4.79 Å². The number of methoxy groups -OCH3 is 1. The lowest BCUT2D eigenvalue weighted by atomic mass is 9.82. The van der Waals surface area contributed by atoms with E-state index in [1.54, 1.807) is 12.0 Å². The second kappa shape index (κ2) is 5.40. The summed E-state index contributed by atoms with van der Waals surface area (Å²) in [5.41, 5.74) is 0.724. The number of anilines is 1. The molecule has 1 aliphatic heterocycles. The number of hydrogen-bond acceptors (Lipinski definition) is 3. The Kier molecular flexibility index (Phi) is 3.61. The molecule has 5 heteroatoms. The molecule has 0 aromatic heterocycles. The molecule has 0 radical (unpaired) electrons. The van der Waals surface area contributed by atoms with Gasteiger partial charge in [-0.2, -0.15) is 0 Å². The third-order valence-electron chi connectivity index (χ3n) is 4.14. The molecule has 2 aliphatic rings. The number of benzene rings is 1. The van der Waals surface area contributed by atoms with Crippen LogP contribution >= 0.6 is 12.2 Å². The van der Waals surface area contributed by atoms with Gasteiger partial charge in [-0.05, 0) is 37.2 Å². The van der Waals surface area contributed by atoms with Gasteiger partial charge >= 0.3 is 0 Å². The van der Waals surface area contributed by atoms with E-state index in [0.717, 1.165) is 24.9 Å². The van der Waals surface area contributed by atoms with Crippen molar-refractivity contribution in [2.24, 2.45) is 5.92 Å². The van der Waals surface area contributed by atoms with Gasteiger partial charge in [0.05, 0.1) is 18.7 Å². The van der Waals surface area contributed by atoms with Crippen LogP contribution < -0.4 is 15.0 Å². The molecule has 0 unspecified atom stereocenters. The number of para-hydroxylation sites is 2. The van der Waals surface area contributed by atoms with Crippen molar-refractivity contribution >= 4 is 28.9 Å². The number of nitrogens with zero attached hydrogens (tertiary/aromatic N) is 1. The summed E-state index contributed by atoms with van der Waals surface area (Å²) in [4.78, 5) is 14.4. The fourth-order valence-electron chi connectivity index (χ4n) is 3.13. The predicted octanol–water partition coefficient (Wildman–Crippen LogP) is 2.48. The fraction of sp³-hybridized carbons (Fsp3) is 0.467. The highest BCUT2D eigenvalue weighted by atomic mass is 32.1. The lowest BCUT2D eigenvalue weighted by Crippen LogP contribution is -2.61. The molecular formula is C15H18N2O2S. The highest BCUT2D eigenvalue weighted by molar-refractivity contribution is 7.80. The number of nitrogens with one attached hydrogen (secondary N) is 1. The second-order valence-electron chi connectivity index (χ2n) is 5.29. The van der Waals surface area contributed by atoms with E-state index < -0.39 is 0 Å². The summed E-state index contributed by atoms with van der Waals surface area (Å²) >= 11 is 5.40. The average Bonchev–Trinajstić information content (AvgIpc) is 2.48. The molecule has 3 rings (SSSR count). The molecule has 1 amide bonds. The minimum absolute atomic E-state index is 0.0281. The molecule has 106 valence electrons. The van der Waals surface area contributed by atoms with Crippen LogP contribution in [0.4, 0.5) is 5.69 Å². The zero-order chi connectivity index (χ0) is 14.1. The standard InChI is InChI=1S/C15H18N2O2S/c1-19-13-9-5-4-8-12(13)17-14(18)10-6-2-3-7-11(10)16-15(17)20/h4-5,8-11H,2-3,6-7H2,1H3,(H,16,20)/t10-,11+/m1/s1. The molecular weight excluding hydrogens is 272 g/mol. The SMILES string of the molecule is COc1ccccc1N1C(=O)[C@@H]2CCCC[C@@H]2NC1=S. The Balaban J connectivity index is 1.96. The van der Waals surface area contributed by atoms with Gasteiger partial charge in [-0.1, -0.05) is 25.0 Å². The Labute approximate surface area is 124 Å². The van der Waals surface area contributed by atoms with Gasteiger partial charge < -0.3 is 10.1 Å². The topological polar surface area (TPSA) is 41.6 Å². The van der Waals surface area contributed by atoms with Gasteiger partial charge in [0.2, 0.25) is 5.91 Å². The Hall–Kier alpha value is -1.62. The van der Waals surface area contributed by atoms with E-state index in [-0.39, 0.29) is 17.9 Å². The van der Waals surface area contributed by atoms with Crippen molar-refractivity contribution in [2.75, 3.05) is 12.0 Å². The summed E-state index contributed by atoms with van der Waals surface area (Å²) in [7, 11) is 1.60. The molecule has 2 atom stereocenters. The maximum absolute atomic E-state index is 12.8. The Morgan fingerprint density at radius 1 is 1.30 bits per heavy atom. The van der Waals surface area contributed by atoms with E-state index in [4.69, 9.17) is 17.0 Å². The molecule has 1 heterocycles. The number of rotatable bonds is 2. The highest BCUT2D eigenvalue weighted by Gasteiger charge is 2.41. The second-order valence-corrected chi connectivity index (χ2v) is 5.68. The molecule has 4 nitrogen and oxygen atoms in total. The zero-order valence-corrected chi connectivity index (χ0v) is 12.3. The van der Waals surface area contributed by atoms with Crippen molar-refractivity contribution in [3.8, 4) is 5.75 Å². The van der Waals surface area contributed by atoms with Crippen LogP contribution in [0, 0.1) is 5.92 Å². The largest absolute Gasteiger partial charge is 0.495 e. The first-order chi connectivity index (χ1) is 9.72. The van der Waals surface area contributed by atoms with Gasteiger partial charge in [-0.15, -0.1) is 0 Å². The summed E-state index contributed by atoms with van der Waals surface area (Å²) in [6.45, 7) is 0. The smallest absolute Gasteiger partial charge is 0.238 e. The third kappa shape index (κ3) is 2.16. The van der Waals surface area contributed by atoms with Crippen LogP contribution in [0.25, 0.3) is 0 Å². The van der Waals surface area contributed by atoms with Crippen LogP contribution in [-0.4, -0.2) is 24.2 Å². The molecule has 1 aromatic carbocycles. The molecule has 20 heavy (non-hydrogen) atoms. The van der Waals surface area contributed by atoms with Crippen LogP contribution in [-0.2, 0) is 4.79 Å². The number of carbonyl (C=O) groups excluding carboxylic acids is 1. The van der Waals surface area contributed by atoms with Crippen molar-refractivity contribution in [3.63, 3.8) is 0 Å². The molecule has 1 aromatic rings. The van der Waals surface area contributed by atoms with E-state index in [0.29, 0.717) is 10.9 Å². The van der Waals surface area contributed by atoms with Gasteiger partial charge in [0.1, 0.15) is 5.75 Å². The summed E-state index contributed by atoms with van der Waals surface area (Å²) in [5, 5.41) is 3.82. The van der Waals surface area contributed by atoms with Crippen molar-refractivity contribution in [1.82, 2.24) is 5.32 Å². The normalized spacial score (nSPS) is 25.9. The van der Waals surface area contributed by atoms with Gasteiger partial charge in [0.25, 0.3) is 0 Å². The average molecular weight is 290 g/mol. The van der Waals surface area contributed by atoms with Crippen LogP contribution in [0.2, 0.25) is 0 Å². The zero-order valence-electron chi connectivity index (χ0n) is 11.5. The Morgan fingerprint density at radius 3 is 2.85 bits per heavy atom. The lowest BCUT2D eigenvalue weighted by molar-refractivity contribution is -0.123. The number of carbonyl (C=O) groups is 1. The first-order valence-corrected chi connectivity index (χ1v) is 7.40. The van der Waals surface area contributed by atoms with E-state index in [1.807, 2.05) is 24.3 Å². The molecule has 1 N–H and O–H groups in total. The lowest BCUT2D eigenvalue weighted by Gasteiger charge is -2.41. The Morgan fingerprint density at radius 2 is 2.05 bits per heavy atom. The Bertz CT molecular complexity index is 546. The molecule has 1 saturated carbocycles. The monoisotopic (exact) mass is 290 g/mol. The molecule has 0 spiro atoms. The van der Waals surface area contributed by atoms with Gasteiger partial charge in [-0.25, -0.2) is 0 Å². The van der Waals surface area contributed by atoms with Crippen LogP contribution in [0.5, 0.6) is 5.75 Å². The first-order valence-electron chi connectivity index (χ1n) is 7.00. The fourth-order valence-corrected chi connectivity index (χ4v) is 3.47. The number of fused-ring (bicyclic) bond motifs is 1. The molecule has 2 fully saturated rings. The van der Waals surface area contributed by atoms with Gasteiger partial charge in [0, 0.05) is 6.04 Å². The molecule has 1 saturated heterocycles. The number of thiocarbonyl (C=S) groups is 1. The van der Waals surface area contributed by atoms with E-state index in [2.05, 4.69) is 5.32 Å². The van der Waals surface area contributed by atoms with Crippen molar-refractivity contribution in [2.45, 2.75) is 31.7 Å². The third-order valence-corrected chi connectivity index (χ3v) is 4.44. The van der Waals surface area contributed by atoms with Gasteiger partial charge in [0.15, 0.2) is 5.11 Å². The first kappa shape index (κ1) is 13.4. The molecule has 0 bridgehead atoms. The summed E-state index contributed by atoms with van der Waals surface area (Å²) in [6.07, 6.45) is 4.24. The van der Waals surface area contributed by atoms with E-state index in [1.165, 1.54) is 6.42 Å². The minimum atomic E-state index is 0.0281. The molecule has 1 aliphatic carbocycles. The van der Waals surface area contributed by atoms with Crippen molar-refractivity contribution in [3.05, 3.63) is 24.3 Å². The summed E-state index contributed by atoms with van der Waals surface area (Å²) < 4.78 is 5.35. The van der Waals surface area contributed by atoms with Crippen LogP contribution in [0.15, 0.2) is 24.3 Å². The maximum atomic E-state index is 12.8. The van der Waals surface area contributed by atoms with Crippen LogP contribution in [0.1, 0.15) is 25.7 Å². The number of hydrogen-bond donors (Lipinski definition) is 1. The highest BCUT2D eigenvalue weighted by Crippen LogP contribution is 2.35. The maximum Gasteiger partial charge on any atom is 0.238 e. The number of amides is 1. The summed E-state index contributed by atoms with van der Waals surface area (Å²) in [6, 6.07) is 7.69. The van der Waals surface area contributed by atoms with Crippen LogP contribution in [0.3, 0.4) is 0 Å². The van der Waals surface area contributed by atoms with Gasteiger partial charge in [-0.3, -0.25) is 9.69 Å². The van der Waals surface area contributed by atoms with Crippen molar-refractivity contribution < 1.29 is 9.53 Å². The summed E-state index contributed by atoms with van der Waals surface area (Å²) in [5.74, 6) is 0.794. The number of ether oxygens (including phenoxy) is 1. The predicted molar refractivity (Wildman–Crippen MR) is 82.0 cm³/mol. The van der Waals surface area contributed by atoms with Crippen molar-refractivity contribution in [1.29, 1.82) is 0 Å².